The number of rotatable bonds is 1. The van der Waals surface area contributed by atoms with E-state index in [4.69, 9.17) is 9.47 Å². The van der Waals surface area contributed by atoms with E-state index in [2.05, 4.69) is 0 Å². The molecular weight excluding hydrogens is 218 g/mol. The fourth-order valence-corrected chi connectivity index (χ4v) is 3.33. The lowest BCUT2D eigenvalue weighted by Crippen LogP contribution is -2.54. The van der Waals surface area contributed by atoms with Gasteiger partial charge in [-0.15, -0.1) is 0 Å². The maximum absolute atomic E-state index is 12.3. The molecule has 1 saturated carbocycles. The van der Waals surface area contributed by atoms with Crippen LogP contribution in [-0.2, 0) is 14.3 Å². The minimum atomic E-state index is -0.174. The van der Waals surface area contributed by atoms with Crippen LogP contribution in [-0.4, -0.2) is 48.8 Å². The van der Waals surface area contributed by atoms with Gasteiger partial charge in [-0.05, 0) is 25.7 Å². The van der Waals surface area contributed by atoms with Crippen molar-refractivity contribution >= 4 is 5.91 Å². The van der Waals surface area contributed by atoms with E-state index in [0.717, 1.165) is 45.4 Å². The Balaban J connectivity index is 1.64. The van der Waals surface area contributed by atoms with Crippen molar-refractivity contribution in [3.8, 4) is 0 Å². The molecule has 0 aromatic heterocycles. The number of hydrogen-bond acceptors (Lipinski definition) is 3. The molecule has 3 aliphatic rings. The van der Waals surface area contributed by atoms with Gasteiger partial charge in [-0.3, -0.25) is 4.79 Å². The van der Waals surface area contributed by atoms with Gasteiger partial charge in [-0.1, -0.05) is 12.8 Å². The Morgan fingerprint density at radius 2 is 2.00 bits per heavy atom. The molecule has 0 radical (unpaired) electrons. The topological polar surface area (TPSA) is 38.8 Å². The van der Waals surface area contributed by atoms with Crippen molar-refractivity contribution in [2.45, 2.75) is 50.2 Å². The number of carbonyl (C=O) groups is 1. The van der Waals surface area contributed by atoms with Crippen LogP contribution in [0.4, 0.5) is 0 Å². The minimum absolute atomic E-state index is 0.0213. The van der Waals surface area contributed by atoms with Gasteiger partial charge in [0, 0.05) is 19.7 Å². The molecule has 2 saturated heterocycles. The van der Waals surface area contributed by atoms with Crippen LogP contribution < -0.4 is 0 Å². The molecule has 1 unspecified atom stereocenters. The molecule has 3 fully saturated rings. The number of nitrogens with zero attached hydrogens (tertiary/aromatic N) is 1. The summed E-state index contributed by atoms with van der Waals surface area (Å²) in [7, 11) is 0. The minimum Gasteiger partial charge on any atom is -0.371 e. The van der Waals surface area contributed by atoms with Crippen molar-refractivity contribution in [3.05, 3.63) is 0 Å². The molecule has 1 aliphatic carbocycles. The first-order chi connectivity index (χ1) is 8.29. The summed E-state index contributed by atoms with van der Waals surface area (Å²) in [6.07, 6.45) is 6.44. The third kappa shape index (κ3) is 2.20. The van der Waals surface area contributed by atoms with Gasteiger partial charge in [0.1, 0.15) is 6.10 Å². The summed E-state index contributed by atoms with van der Waals surface area (Å²) in [5.74, 6) is 0.192. The number of ether oxygens (including phenoxy) is 2. The predicted octanol–water partition coefficient (Wildman–Crippen LogP) is 1.34. The highest BCUT2D eigenvalue weighted by atomic mass is 16.5. The quantitative estimate of drug-likeness (QED) is 0.693. The molecule has 0 N–H and O–H groups in total. The fourth-order valence-electron chi connectivity index (χ4n) is 3.33. The Hall–Kier alpha value is -0.610. The summed E-state index contributed by atoms with van der Waals surface area (Å²) in [6, 6.07) is 0. The van der Waals surface area contributed by atoms with Crippen LogP contribution in [0.5, 0.6) is 0 Å². The smallest absolute Gasteiger partial charge is 0.251 e. The Kier molecular flexibility index (Phi) is 3.09. The molecular formula is C13H21NO3. The third-order valence-corrected chi connectivity index (χ3v) is 4.28. The Labute approximate surface area is 102 Å². The lowest BCUT2D eigenvalue weighted by molar-refractivity contribution is -0.158. The van der Waals surface area contributed by atoms with Crippen LogP contribution in [0, 0.1) is 0 Å². The second kappa shape index (κ2) is 4.58. The van der Waals surface area contributed by atoms with Gasteiger partial charge in [0.05, 0.1) is 12.2 Å². The fraction of sp³-hybridized carbons (Fsp3) is 0.923. The standard InChI is InChI=1S/C13H21NO3/c15-12(11-4-3-8-16-11)14-7-9-17-13(10-14)5-1-2-6-13/h11H,1-10H2. The van der Waals surface area contributed by atoms with E-state index < -0.39 is 0 Å². The summed E-state index contributed by atoms with van der Waals surface area (Å²) in [5.41, 5.74) is -0.0213. The highest BCUT2D eigenvalue weighted by Gasteiger charge is 2.42. The SMILES string of the molecule is O=C(C1CCCO1)N1CCOC2(CCCC2)C1. The Morgan fingerprint density at radius 1 is 1.18 bits per heavy atom. The number of amides is 1. The first-order valence-electron chi connectivity index (χ1n) is 6.83. The van der Waals surface area contributed by atoms with Gasteiger partial charge in [-0.25, -0.2) is 0 Å². The lowest BCUT2D eigenvalue weighted by atomic mass is 9.99. The van der Waals surface area contributed by atoms with E-state index in [1.54, 1.807) is 0 Å². The van der Waals surface area contributed by atoms with Gasteiger partial charge in [-0.2, -0.15) is 0 Å². The van der Waals surface area contributed by atoms with E-state index in [-0.39, 0.29) is 17.6 Å². The molecule has 4 heteroatoms. The average Bonchev–Trinajstić information content (AvgIpc) is 3.00. The van der Waals surface area contributed by atoms with Crippen molar-refractivity contribution in [2.24, 2.45) is 0 Å². The molecule has 4 nitrogen and oxygen atoms in total. The van der Waals surface area contributed by atoms with Crippen molar-refractivity contribution in [2.75, 3.05) is 26.3 Å². The normalized spacial score (nSPS) is 32.2. The Bertz CT molecular complexity index is 293. The molecule has 96 valence electrons. The molecule has 1 spiro atoms. The van der Waals surface area contributed by atoms with Crippen molar-refractivity contribution in [3.63, 3.8) is 0 Å². The molecule has 1 atom stereocenters. The van der Waals surface area contributed by atoms with Crippen LogP contribution in [0.2, 0.25) is 0 Å². The van der Waals surface area contributed by atoms with Crippen LogP contribution in [0.25, 0.3) is 0 Å². The van der Waals surface area contributed by atoms with Crippen LogP contribution in [0.15, 0.2) is 0 Å². The molecule has 0 aromatic rings. The number of hydrogen-bond donors (Lipinski definition) is 0. The van der Waals surface area contributed by atoms with Gasteiger partial charge in [0.25, 0.3) is 5.91 Å². The second-order valence-electron chi connectivity index (χ2n) is 5.50. The first kappa shape index (κ1) is 11.5. The van der Waals surface area contributed by atoms with E-state index in [0.29, 0.717) is 6.61 Å². The van der Waals surface area contributed by atoms with Crippen LogP contribution >= 0.6 is 0 Å². The molecule has 3 rings (SSSR count). The highest BCUT2D eigenvalue weighted by Crippen LogP contribution is 2.36. The van der Waals surface area contributed by atoms with Gasteiger partial charge < -0.3 is 14.4 Å². The molecule has 0 aromatic carbocycles. The summed E-state index contributed by atoms with van der Waals surface area (Å²) >= 11 is 0. The molecule has 2 heterocycles. The van der Waals surface area contributed by atoms with Crippen molar-refractivity contribution in [1.82, 2.24) is 4.90 Å². The van der Waals surface area contributed by atoms with E-state index >= 15 is 0 Å². The van der Waals surface area contributed by atoms with E-state index in [1.165, 1.54) is 12.8 Å². The molecule has 0 bridgehead atoms. The summed E-state index contributed by atoms with van der Waals surface area (Å²) in [5, 5.41) is 0. The number of morpholine rings is 1. The van der Waals surface area contributed by atoms with Crippen LogP contribution in [0.3, 0.4) is 0 Å². The largest absolute Gasteiger partial charge is 0.371 e. The highest BCUT2D eigenvalue weighted by molar-refractivity contribution is 5.81. The predicted molar refractivity (Wildman–Crippen MR) is 62.7 cm³/mol. The summed E-state index contributed by atoms with van der Waals surface area (Å²) in [6.45, 7) is 2.95. The third-order valence-electron chi connectivity index (χ3n) is 4.28. The Morgan fingerprint density at radius 3 is 2.71 bits per heavy atom. The van der Waals surface area contributed by atoms with Crippen molar-refractivity contribution < 1.29 is 14.3 Å². The maximum atomic E-state index is 12.3. The molecule has 17 heavy (non-hydrogen) atoms. The first-order valence-corrected chi connectivity index (χ1v) is 6.83. The van der Waals surface area contributed by atoms with Crippen LogP contribution in [0.1, 0.15) is 38.5 Å². The van der Waals surface area contributed by atoms with Gasteiger partial charge >= 0.3 is 0 Å². The average molecular weight is 239 g/mol. The van der Waals surface area contributed by atoms with Gasteiger partial charge in [0.15, 0.2) is 0 Å². The maximum Gasteiger partial charge on any atom is 0.251 e. The van der Waals surface area contributed by atoms with E-state index in [1.807, 2.05) is 4.90 Å². The second-order valence-corrected chi connectivity index (χ2v) is 5.50. The van der Waals surface area contributed by atoms with E-state index in [9.17, 15) is 4.79 Å². The zero-order chi connectivity index (χ0) is 11.7. The molecule has 1 amide bonds. The molecule has 2 aliphatic heterocycles. The van der Waals surface area contributed by atoms with Gasteiger partial charge in [0.2, 0.25) is 0 Å². The lowest BCUT2D eigenvalue weighted by Gasteiger charge is -2.41. The zero-order valence-corrected chi connectivity index (χ0v) is 10.3. The van der Waals surface area contributed by atoms with Crippen molar-refractivity contribution in [1.29, 1.82) is 0 Å². The zero-order valence-electron chi connectivity index (χ0n) is 10.3. The summed E-state index contributed by atoms with van der Waals surface area (Å²) in [4.78, 5) is 14.3. The monoisotopic (exact) mass is 239 g/mol. The summed E-state index contributed by atoms with van der Waals surface area (Å²) < 4.78 is 11.4. The number of carbonyl (C=O) groups excluding carboxylic acids is 1.